The minimum atomic E-state index is -1.18. The van der Waals surface area contributed by atoms with Crippen LogP contribution in [-0.4, -0.2) is 29.4 Å². The van der Waals surface area contributed by atoms with Gasteiger partial charge < -0.3 is 19.7 Å². The molecule has 0 aliphatic carbocycles. The van der Waals surface area contributed by atoms with Crippen LogP contribution >= 0.6 is 0 Å². The molecule has 0 atom stereocenters. The third kappa shape index (κ3) is 6.03. The number of ether oxygens (including phenoxy) is 2. The lowest BCUT2D eigenvalue weighted by molar-refractivity contribution is 0.0693. The summed E-state index contributed by atoms with van der Waals surface area (Å²) in [6.45, 7) is 2.85. The highest BCUT2D eigenvalue weighted by Crippen LogP contribution is 2.23. The number of aromatic carboxylic acids is 1. The quantitative estimate of drug-likeness (QED) is 0.629. The van der Waals surface area contributed by atoms with Crippen molar-refractivity contribution in [3.63, 3.8) is 0 Å². The third-order valence-corrected chi connectivity index (χ3v) is 3.81. The molecule has 5 heteroatoms. The highest BCUT2D eigenvalue weighted by molar-refractivity contribution is 5.90. The van der Waals surface area contributed by atoms with Gasteiger partial charge >= 0.3 is 5.97 Å². The summed E-state index contributed by atoms with van der Waals surface area (Å²) >= 11 is 0. The van der Waals surface area contributed by atoms with Gasteiger partial charge in [0.2, 0.25) is 0 Å². The van der Waals surface area contributed by atoms with Crippen LogP contribution in [0.1, 0.15) is 42.1 Å². The standard InChI is InChI=1S/C20H24O5/c1-2-3-4-5-15-6-8-16(9-7-15)24-12-13-25-17-10-11-18(20(22)23)19(21)14-17/h6-11,14,21H,2-5,12-13H2,1H3,(H,22,23). The Bertz CT molecular complexity index is 679. The number of rotatable bonds is 10. The number of aromatic hydroxyl groups is 1. The maximum absolute atomic E-state index is 10.8. The first-order valence-corrected chi connectivity index (χ1v) is 8.51. The summed E-state index contributed by atoms with van der Waals surface area (Å²) < 4.78 is 11.1. The van der Waals surface area contributed by atoms with Crippen LogP contribution in [0.25, 0.3) is 0 Å². The molecule has 2 aromatic rings. The number of carboxylic acid groups (broad SMARTS) is 1. The van der Waals surface area contributed by atoms with E-state index in [1.807, 2.05) is 12.1 Å². The first kappa shape index (κ1) is 18.6. The predicted octanol–water partition coefficient (Wildman–Crippen LogP) is 4.28. The van der Waals surface area contributed by atoms with Gasteiger partial charge in [-0.25, -0.2) is 4.79 Å². The molecule has 134 valence electrons. The molecule has 5 nitrogen and oxygen atoms in total. The van der Waals surface area contributed by atoms with Crippen LogP contribution in [0, 0.1) is 0 Å². The van der Waals surface area contributed by atoms with Crippen LogP contribution in [0.4, 0.5) is 0 Å². The Morgan fingerprint density at radius 2 is 1.60 bits per heavy atom. The smallest absolute Gasteiger partial charge is 0.339 e. The molecule has 2 N–H and O–H groups in total. The van der Waals surface area contributed by atoms with Crippen molar-refractivity contribution in [3.8, 4) is 17.2 Å². The van der Waals surface area contributed by atoms with Gasteiger partial charge in [0.25, 0.3) is 0 Å². The van der Waals surface area contributed by atoms with Crippen molar-refractivity contribution >= 4 is 5.97 Å². The Hall–Kier alpha value is -2.69. The van der Waals surface area contributed by atoms with Gasteiger partial charge in [-0.15, -0.1) is 0 Å². The van der Waals surface area contributed by atoms with Crippen molar-refractivity contribution < 1.29 is 24.5 Å². The van der Waals surface area contributed by atoms with Crippen LogP contribution in [0.3, 0.4) is 0 Å². The summed E-state index contributed by atoms with van der Waals surface area (Å²) in [7, 11) is 0. The van der Waals surface area contributed by atoms with E-state index in [0.717, 1.165) is 12.2 Å². The fourth-order valence-corrected chi connectivity index (χ4v) is 2.43. The van der Waals surface area contributed by atoms with Gasteiger partial charge in [-0.05, 0) is 42.7 Å². The Balaban J connectivity index is 1.74. The lowest BCUT2D eigenvalue weighted by Gasteiger charge is -2.10. The van der Waals surface area contributed by atoms with Crippen molar-refractivity contribution in [1.82, 2.24) is 0 Å². The summed E-state index contributed by atoms with van der Waals surface area (Å²) in [4.78, 5) is 10.8. The first-order chi connectivity index (χ1) is 12.1. The Morgan fingerprint density at radius 3 is 2.20 bits per heavy atom. The van der Waals surface area contributed by atoms with Gasteiger partial charge in [0.1, 0.15) is 36.0 Å². The topological polar surface area (TPSA) is 76.0 Å². The highest BCUT2D eigenvalue weighted by Gasteiger charge is 2.10. The maximum atomic E-state index is 10.8. The van der Waals surface area contributed by atoms with Crippen LogP contribution in [0.5, 0.6) is 17.2 Å². The number of hydrogen-bond donors (Lipinski definition) is 2. The SMILES string of the molecule is CCCCCc1ccc(OCCOc2ccc(C(=O)O)c(O)c2)cc1. The van der Waals surface area contributed by atoms with Crippen molar-refractivity contribution in [2.45, 2.75) is 32.6 Å². The molecular formula is C20H24O5. The summed E-state index contributed by atoms with van der Waals surface area (Å²) in [5.41, 5.74) is 1.16. The fourth-order valence-electron chi connectivity index (χ4n) is 2.43. The number of benzene rings is 2. The monoisotopic (exact) mass is 344 g/mol. The minimum Gasteiger partial charge on any atom is -0.507 e. The van der Waals surface area contributed by atoms with E-state index in [0.29, 0.717) is 19.0 Å². The molecule has 0 saturated carbocycles. The molecule has 2 aromatic carbocycles. The van der Waals surface area contributed by atoms with E-state index in [-0.39, 0.29) is 11.3 Å². The van der Waals surface area contributed by atoms with Crippen LogP contribution in [0.15, 0.2) is 42.5 Å². The van der Waals surface area contributed by atoms with Gasteiger partial charge in [0.15, 0.2) is 0 Å². The highest BCUT2D eigenvalue weighted by atomic mass is 16.5. The number of unbranched alkanes of at least 4 members (excludes halogenated alkanes) is 2. The van der Waals surface area contributed by atoms with Gasteiger partial charge in [0, 0.05) is 6.07 Å². The molecule has 0 fully saturated rings. The normalized spacial score (nSPS) is 10.4. The van der Waals surface area contributed by atoms with Crippen LogP contribution in [0.2, 0.25) is 0 Å². The average molecular weight is 344 g/mol. The average Bonchev–Trinajstić information content (AvgIpc) is 2.60. The number of carbonyl (C=O) groups is 1. The molecule has 0 saturated heterocycles. The summed E-state index contributed by atoms with van der Waals surface area (Å²) in [6.07, 6.45) is 4.77. The third-order valence-electron chi connectivity index (χ3n) is 3.81. The van der Waals surface area contributed by atoms with Crippen molar-refractivity contribution in [1.29, 1.82) is 0 Å². The summed E-state index contributed by atoms with van der Waals surface area (Å²) in [5.74, 6) is -0.306. The number of aryl methyl sites for hydroxylation is 1. The minimum absolute atomic E-state index is 0.150. The van der Waals surface area contributed by atoms with Gasteiger partial charge in [0.05, 0.1) is 0 Å². The van der Waals surface area contributed by atoms with Crippen LogP contribution < -0.4 is 9.47 Å². The first-order valence-electron chi connectivity index (χ1n) is 8.51. The number of carboxylic acids is 1. The second-order valence-electron chi connectivity index (χ2n) is 5.78. The molecule has 0 radical (unpaired) electrons. The molecule has 25 heavy (non-hydrogen) atoms. The second-order valence-corrected chi connectivity index (χ2v) is 5.78. The van der Waals surface area contributed by atoms with Crippen molar-refractivity contribution in [2.75, 3.05) is 13.2 Å². The second kappa shape index (κ2) is 9.57. The van der Waals surface area contributed by atoms with Gasteiger partial charge in [-0.3, -0.25) is 0 Å². The van der Waals surface area contributed by atoms with E-state index in [1.54, 1.807) is 0 Å². The van der Waals surface area contributed by atoms with Crippen molar-refractivity contribution in [3.05, 3.63) is 53.6 Å². The zero-order chi connectivity index (χ0) is 18.1. The van der Waals surface area contributed by atoms with E-state index >= 15 is 0 Å². The molecule has 0 amide bonds. The molecule has 0 aliphatic heterocycles. The number of hydrogen-bond acceptors (Lipinski definition) is 4. The Kier molecular flexibility index (Phi) is 7.14. The van der Waals surface area contributed by atoms with Crippen LogP contribution in [-0.2, 0) is 6.42 Å². The molecule has 0 bridgehead atoms. The summed E-state index contributed by atoms with van der Waals surface area (Å²) in [5, 5.41) is 18.5. The zero-order valence-corrected chi connectivity index (χ0v) is 14.4. The van der Waals surface area contributed by atoms with E-state index in [4.69, 9.17) is 14.6 Å². The molecule has 0 spiro atoms. The number of phenols is 1. The molecular weight excluding hydrogens is 320 g/mol. The Labute approximate surface area is 147 Å². The van der Waals surface area contributed by atoms with E-state index in [2.05, 4.69) is 19.1 Å². The lowest BCUT2D eigenvalue weighted by atomic mass is 10.1. The van der Waals surface area contributed by atoms with E-state index in [9.17, 15) is 9.90 Å². The molecule has 2 rings (SSSR count). The van der Waals surface area contributed by atoms with Gasteiger partial charge in [-0.1, -0.05) is 31.9 Å². The van der Waals surface area contributed by atoms with Crippen molar-refractivity contribution in [2.24, 2.45) is 0 Å². The predicted molar refractivity (Wildman–Crippen MR) is 95.7 cm³/mol. The largest absolute Gasteiger partial charge is 0.507 e. The maximum Gasteiger partial charge on any atom is 0.339 e. The zero-order valence-electron chi connectivity index (χ0n) is 14.4. The fraction of sp³-hybridized carbons (Fsp3) is 0.350. The van der Waals surface area contributed by atoms with E-state index in [1.165, 1.54) is 43.0 Å². The molecule has 0 unspecified atom stereocenters. The van der Waals surface area contributed by atoms with Gasteiger partial charge in [-0.2, -0.15) is 0 Å². The Morgan fingerprint density at radius 1 is 0.960 bits per heavy atom. The summed E-state index contributed by atoms with van der Waals surface area (Å²) in [6, 6.07) is 12.2. The molecule has 0 aliphatic rings. The van der Waals surface area contributed by atoms with E-state index < -0.39 is 5.97 Å². The molecule has 0 aromatic heterocycles. The lowest BCUT2D eigenvalue weighted by Crippen LogP contribution is -2.09. The molecule has 0 heterocycles.